The van der Waals surface area contributed by atoms with E-state index >= 15 is 0 Å². The number of aromatic nitrogens is 2. The van der Waals surface area contributed by atoms with Crippen LogP contribution in [-0.4, -0.2) is 16.3 Å². The van der Waals surface area contributed by atoms with E-state index in [1.807, 2.05) is 13.8 Å². The average molecular weight is 282 g/mol. The minimum absolute atomic E-state index is 0.0142. The Morgan fingerprint density at radius 1 is 1.44 bits per heavy atom. The van der Waals surface area contributed by atoms with Gasteiger partial charge in [-0.2, -0.15) is 18.3 Å². The highest BCUT2D eigenvalue weighted by atomic mass is 35.5. The maximum Gasteiger partial charge on any atom is 0.435 e. The van der Waals surface area contributed by atoms with Crippen LogP contribution in [0.5, 0.6) is 0 Å². The van der Waals surface area contributed by atoms with Crippen LogP contribution in [0.15, 0.2) is 0 Å². The normalized spacial score (nSPS) is 26.4. The molecule has 3 nitrogen and oxygen atoms in total. The smallest absolute Gasteiger partial charge is 0.330 e. The van der Waals surface area contributed by atoms with Crippen molar-refractivity contribution in [1.82, 2.24) is 9.78 Å². The molecule has 1 saturated carbocycles. The van der Waals surface area contributed by atoms with Gasteiger partial charge in [-0.05, 0) is 23.8 Å². The topological polar surface area (TPSA) is 43.8 Å². The van der Waals surface area contributed by atoms with E-state index in [-0.39, 0.29) is 28.0 Å². The summed E-state index contributed by atoms with van der Waals surface area (Å²) in [7, 11) is 1.41. The second kappa shape index (κ2) is 3.87. The van der Waals surface area contributed by atoms with Crippen LogP contribution in [0.4, 0.5) is 13.2 Å². The van der Waals surface area contributed by atoms with Crippen molar-refractivity contribution in [2.75, 3.05) is 6.54 Å². The monoisotopic (exact) mass is 281 g/mol. The Morgan fingerprint density at radius 3 is 2.39 bits per heavy atom. The Labute approximate surface area is 108 Å². The Hall–Kier alpha value is -0.750. The van der Waals surface area contributed by atoms with Gasteiger partial charge in [-0.15, -0.1) is 0 Å². The number of rotatable bonds is 2. The molecule has 0 amide bonds. The van der Waals surface area contributed by atoms with E-state index in [9.17, 15) is 13.2 Å². The van der Waals surface area contributed by atoms with Gasteiger partial charge in [0, 0.05) is 12.6 Å². The third kappa shape index (κ3) is 1.82. The maximum absolute atomic E-state index is 12.9. The van der Waals surface area contributed by atoms with Crippen molar-refractivity contribution in [3.8, 4) is 0 Å². The molecule has 2 atom stereocenters. The summed E-state index contributed by atoms with van der Waals surface area (Å²) in [6, 6.07) is 0. The van der Waals surface area contributed by atoms with Gasteiger partial charge in [0.25, 0.3) is 0 Å². The molecule has 0 radical (unpaired) electrons. The largest absolute Gasteiger partial charge is 0.435 e. The van der Waals surface area contributed by atoms with Gasteiger partial charge in [0.2, 0.25) is 0 Å². The second-order valence-electron chi connectivity index (χ2n) is 5.32. The lowest BCUT2D eigenvalue weighted by Crippen LogP contribution is -2.10. The lowest BCUT2D eigenvalue weighted by atomic mass is 10.0. The summed E-state index contributed by atoms with van der Waals surface area (Å²) in [4.78, 5) is 0. The number of nitrogens with two attached hydrogens (primary N) is 1. The van der Waals surface area contributed by atoms with E-state index in [1.165, 1.54) is 7.05 Å². The molecular formula is C11H15ClF3N3. The van der Waals surface area contributed by atoms with E-state index in [0.29, 0.717) is 6.54 Å². The highest BCUT2D eigenvalue weighted by Crippen LogP contribution is 2.66. The van der Waals surface area contributed by atoms with Crippen molar-refractivity contribution in [1.29, 1.82) is 0 Å². The van der Waals surface area contributed by atoms with Crippen molar-refractivity contribution in [3.63, 3.8) is 0 Å². The molecule has 1 aromatic heterocycles. The summed E-state index contributed by atoms with van der Waals surface area (Å²) in [5, 5.41) is 3.55. The van der Waals surface area contributed by atoms with Crippen LogP contribution < -0.4 is 5.73 Å². The van der Waals surface area contributed by atoms with Crippen molar-refractivity contribution in [2.24, 2.45) is 24.1 Å². The molecule has 1 aliphatic rings. The fourth-order valence-corrected chi connectivity index (χ4v) is 3.01. The van der Waals surface area contributed by atoms with Crippen molar-refractivity contribution in [3.05, 3.63) is 16.4 Å². The van der Waals surface area contributed by atoms with Gasteiger partial charge in [0.15, 0.2) is 5.69 Å². The standard InChI is InChI=1S/C11H15ClF3N3/c1-10(2)5(4-16)7(10)6-8(11(13,14)15)17-18(3)9(6)12/h5,7H,4,16H2,1-3H3. The van der Waals surface area contributed by atoms with E-state index < -0.39 is 11.9 Å². The summed E-state index contributed by atoms with van der Waals surface area (Å²) < 4.78 is 39.9. The van der Waals surface area contributed by atoms with E-state index in [4.69, 9.17) is 17.3 Å². The van der Waals surface area contributed by atoms with Gasteiger partial charge >= 0.3 is 6.18 Å². The molecule has 1 fully saturated rings. The number of alkyl halides is 3. The first-order valence-electron chi connectivity index (χ1n) is 5.62. The zero-order chi connectivity index (χ0) is 13.9. The van der Waals surface area contributed by atoms with Crippen molar-refractivity contribution in [2.45, 2.75) is 25.9 Å². The average Bonchev–Trinajstić information content (AvgIpc) is 2.63. The van der Waals surface area contributed by atoms with Crippen LogP contribution >= 0.6 is 11.6 Å². The van der Waals surface area contributed by atoms with Gasteiger partial charge in [0.1, 0.15) is 5.15 Å². The molecule has 0 spiro atoms. The second-order valence-corrected chi connectivity index (χ2v) is 5.67. The Kier molecular flexibility index (Phi) is 2.94. The van der Waals surface area contributed by atoms with Crippen molar-refractivity contribution >= 4 is 11.6 Å². The third-order valence-electron chi connectivity index (χ3n) is 3.90. The number of nitrogens with zero attached hydrogens (tertiary/aromatic N) is 2. The van der Waals surface area contributed by atoms with Gasteiger partial charge in [0.05, 0.1) is 0 Å². The first kappa shape index (κ1) is 13.7. The number of hydrogen-bond donors (Lipinski definition) is 1. The maximum atomic E-state index is 12.9. The first-order valence-corrected chi connectivity index (χ1v) is 5.99. The van der Waals surface area contributed by atoms with Crippen LogP contribution in [0.1, 0.15) is 31.0 Å². The minimum Gasteiger partial charge on any atom is -0.330 e. The van der Waals surface area contributed by atoms with Gasteiger partial charge in [-0.1, -0.05) is 25.4 Å². The molecule has 0 aromatic carbocycles. The molecule has 1 heterocycles. The van der Waals surface area contributed by atoms with Crippen LogP contribution in [0.3, 0.4) is 0 Å². The Bertz CT molecular complexity index is 479. The number of aryl methyl sites for hydroxylation is 1. The summed E-state index contributed by atoms with van der Waals surface area (Å²) in [6.45, 7) is 4.15. The van der Waals surface area contributed by atoms with Crippen LogP contribution in [-0.2, 0) is 13.2 Å². The summed E-state index contributed by atoms with van der Waals surface area (Å²) in [5.74, 6) is -0.263. The highest BCUT2D eigenvalue weighted by molar-refractivity contribution is 6.30. The SMILES string of the molecule is Cn1nc(C(F)(F)F)c(C2C(CN)C2(C)C)c1Cl. The lowest BCUT2D eigenvalue weighted by molar-refractivity contribution is -0.142. The summed E-state index contributed by atoms with van der Waals surface area (Å²) in [6.07, 6.45) is -4.49. The molecule has 2 rings (SSSR count). The molecule has 0 bridgehead atoms. The predicted octanol–water partition coefficient (Wildman–Crippen LogP) is 2.79. The fraction of sp³-hybridized carbons (Fsp3) is 0.727. The Morgan fingerprint density at radius 2 is 2.00 bits per heavy atom. The summed E-state index contributed by atoms with van der Waals surface area (Å²) >= 11 is 5.96. The molecule has 2 N–H and O–H groups in total. The van der Waals surface area contributed by atoms with Crippen LogP contribution in [0.2, 0.25) is 5.15 Å². The Balaban J connectivity index is 2.52. The molecule has 0 aliphatic heterocycles. The molecular weight excluding hydrogens is 267 g/mol. The number of hydrogen-bond acceptors (Lipinski definition) is 2. The van der Waals surface area contributed by atoms with Crippen molar-refractivity contribution < 1.29 is 13.2 Å². The highest BCUT2D eigenvalue weighted by Gasteiger charge is 2.61. The van der Waals surface area contributed by atoms with Gasteiger partial charge in [-0.25, -0.2) is 0 Å². The quantitative estimate of drug-likeness (QED) is 0.906. The molecule has 0 saturated heterocycles. The van der Waals surface area contributed by atoms with Crippen LogP contribution in [0.25, 0.3) is 0 Å². The molecule has 7 heteroatoms. The van der Waals surface area contributed by atoms with E-state index in [2.05, 4.69) is 5.10 Å². The molecule has 102 valence electrons. The van der Waals surface area contributed by atoms with Crippen LogP contribution in [0, 0.1) is 11.3 Å². The van der Waals surface area contributed by atoms with Gasteiger partial charge in [-0.3, -0.25) is 4.68 Å². The van der Waals surface area contributed by atoms with E-state index in [0.717, 1.165) is 4.68 Å². The molecule has 1 aliphatic carbocycles. The molecule has 18 heavy (non-hydrogen) atoms. The molecule has 2 unspecified atom stereocenters. The molecule has 1 aromatic rings. The summed E-state index contributed by atoms with van der Waals surface area (Å²) in [5.41, 5.74) is 4.54. The van der Waals surface area contributed by atoms with E-state index in [1.54, 1.807) is 0 Å². The zero-order valence-corrected chi connectivity index (χ0v) is 11.1. The third-order valence-corrected chi connectivity index (χ3v) is 4.34. The van der Waals surface area contributed by atoms with Gasteiger partial charge < -0.3 is 5.73 Å². The fourth-order valence-electron chi connectivity index (χ4n) is 2.76. The lowest BCUT2D eigenvalue weighted by Gasteiger charge is -2.07. The zero-order valence-electron chi connectivity index (χ0n) is 10.3. The first-order chi connectivity index (χ1) is 8.12. The predicted molar refractivity (Wildman–Crippen MR) is 62.3 cm³/mol. The number of halogens is 4. The minimum atomic E-state index is -4.49.